The monoisotopic (exact) mass is 282 g/mol. The predicted molar refractivity (Wildman–Crippen MR) is 80.1 cm³/mol. The molecule has 0 saturated carbocycles. The zero-order valence-corrected chi connectivity index (χ0v) is 11.4. The molecule has 0 aliphatic rings. The molecule has 21 heavy (non-hydrogen) atoms. The number of primary amides is 1. The van der Waals surface area contributed by atoms with Crippen LogP contribution < -0.4 is 16.2 Å². The Labute approximate surface area is 120 Å². The van der Waals surface area contributed by atoms with E-state index in [0.29, 0.717) is 11.2 Å². The third kappa shape index (κ3) is 2.16. The summed E-state index contributed by atoms with van der Waals surface area (Å²) in [4.78, 5) is 11.3. The van der Waals surface area contributed by atoms with Crippen molar-refractivity contribution < 1.29 is 9.53 Å². The minimum atomic E-state index is -0.591. The second-order valence-electron chi connectivity index (χ2n) is 4.63. The Kier molecular flexibility index (Phi) is 2.98. The second-order valence-corrected chi connectivity index (χ2v) is 4.63. The van der Waals surface area contributed by atoms with Crippen molar-refractivity contribution in [3.8, 4) is 16.9 Å². The molecule has 0 atom stereocenters. The summed E-state index contributed by atoms with van der Waals surface area (Å²) in [5, 5.41) is 4.16. The lowest BCUT2D eigenvalue weighted by atomic mass is 10.1. The minimum absolute atomic E-state index is 0.220. The van der Waals surface area contributed by atoms with E-state index in [2.05, 4.69) is 5.10 Å². The number of fused-ring (bicyclic) bond motifs is 1. The zero-order chi connectivity index (χ0) is 15.0. The van der Waals surface area contributed by atoms with Crippen LogP contribution in [-0.4, -0.2) is 22.6 Å². The minimum Gasteiger partial charge on any atom is -0.497 e. The third-order valence-corrected chi connectivity index (χ3v) is 3.35. The van der Waals surface area contributed by atoms with Gasteiger partial charge in [0.2, 0.25) is 0 Å². The first-order valence-corrected chi connectivity index (χ1v) is 6.31. The van der Waals surface area contributed by atoms with Crippen LogP contribution in [0.15, 0.2) is 42.7 Å². The number of ether oxygens (including phenoxy) is 1. The number of hydrogen-bond acceptors (Lipinski definition) is 4. The molecule has 106 valence electrons. The van der Waals surface area contributed by atoms with Crippen LogP contribution in [0.5, 0.6) is 5.75 Å². The molecule has 0 spiro atoms. The van der Waals surface area contributed by atoms with Gasteiger partial charge in [-0.15, -0.1) is 0 Å². The van der Waals surface area contributed by atoms with Crippen molar-refractivity contribution >= 4 is 17.1 Å². The molecule has 0 bridgehead atoms. The number of amides is 1. The molecule has 3 aromatic rings. The van der Waals surface area contributed by atoms with Gasteiger partial charge in [0.1, 0.15) is 5.75 Å². The average Bonchev–Trinajstić information content (AvgIpc) is 2.92. The molecule has 0 aliphatic carbocycles. The molecular formula is C15H14N4O2. The fourth-order valence-electron chi connectivity index (χ4n) is 2.23. The van der Waals surface area contributed by atoms with E-state index in [9.17, 15) is 4.79 Å². The molecule has 0 radical (unpaired) electrons. The van der Waals surface area contributed by atoms with Crippen LogP contribution in [0.2, 0.25) is 0 Å². The predicted octanol–water partition coefficient (Wildman–Crippen LogP) is 1.69. The number of carbonyl (C=O) groups is 1. The number of anilines is 1. The zero-order valence-electron chi connectivity index (χ0n) is 11.4. The standard InChI is InChI=1S/C15H14N4O2/c1-21-11-4-2-3-9(5-11)10-6-13-14(16)12(15(17)20)7-18-19(13)8-10/h2-8H,16H2,1H3,(H2,17,20). The van der Waals surface area contributed by atoms with E-state index in [1.807, 2.05) is 36.5 Å². The quantitative estimate of drug-likeness (QED) is 0.764. The van der Waals surface area contributed by atoms with Crippen LogP contribution in [-0.2, 0) is 0 Å². The van der Waals surface area contributed by atoms with Crippen LogP contribution in [0.4, 0.5) is 5.69 Å². The van der Waals surface area contributed by atoms with Crippen LogP contribution >= 0.6 is 0 Å². The molecule has 0 fully saturated rings. The highest BCUT2D eigenvalue weighted by Crippen LogP contribution is 2.28. The Morgan fingerprint density at radius 2 is 2.10 bits per heavy atom. The molecule has 2 heterocycles. The SMILES string of the molecule is COc1cccc(-c2cc3c(N)c(C(N)=O)cnn3c2)c1. The van der Waals surface area contributed by atoms with Gasteiger partial charge in [-0.3, -0.25) is 4.79 Å². The van der Waals surface area contributed by atoms with E-state index in [4.69, 9.17) is 16.2 Å². The Hall–Kier alpha value is -3.02. The highest BCUT2D eigenvalue weighted by Gasteiger charge is 2.12. The summed E-state index contributed by atoms with van der Waals surface area (Å²) in [5.41, 5.74) is 14.3. The Morgan fingerprint density at radius 1 is 1.29 bits per heavy atom. The maximum Gasteiger partial charge on any atom is 0.252 e. The Morgan fingerprint density at radius 3 is 2.81 bits per heavy atom. The van der Waals surface area contributed by atoms with E-state index in [-0.39, 0.29) is 5.56 Å². The summed E-state index contributed by atoms with van der Waals surface area (Å²) in [6.45, 7) is 0. The molecule has 1 aromatic carbocycles. The molecule has 1 amide bonds. The summed E-state index contributed by atoms with van der Waals surface area (Å²) < 4.78 is 6.84. The summed E-state index contributed by atoms with van der Waals surface area (Å²) in [6, 6.07) is 9.52. The fourth-order valence-corrected chi connectivity index (χ4v) is 2.23. The number of carbonyl (C=O) groups excluding carboxylic acids is 1. The number of aromatic nitrogens is 2. The van der Waals surface area contributed by atoms with Crippen molar-refractivity contribution in [1.82, 2.24) is 9.61 Å². The van der Waals surface area contributed by atoms with Gasteiger partial charge >= 0.3 is 0 Å². The highest BCUT2D eigenvalue weighted by atomic mass is 16.5. The fraction of sp³-hybridized carbons (Fsp3) is 0.0667. The Bertz CT molecular complexity index is 839. The van der Waals surface area contributed by atoms with Gasteiger partial charge < -0.3 is 16.2 Å². The number of hydrogen-bond donors (Lipinski definition) is 2. The summed E-state index contributed by atoms with van der Waals surface area (Å²) in [7, 11) is 1.62. The molecule has 4 N–H and O–H groups in total. The van der Waals surface area contributed by atoms with Crippen molar-refractivity contribution in [2.75, 3.05) is 12.8 Å². The Balaban J connectivity index is 2.17. The molecule has 3 rings (SSSR count). The lowest BCUT2D eigenvalue weighted by molar-refractivity contribution is 0.100. The van der Waals surface area contributed by atoms with Gasteiger partial charge in [-0.2, -0.15) is 5.10 Å². The van der Waals surface area contributed by atoms with Crippen LogP contribution in [0.3, 0.4) is 0 Å². The smallest absolute Gasteiger partial charge is 0.252 e. The van der Waals surface area contributed by atoms with Gasteiger partial charge in [0.05, 0.1) is 30.1 Å². The van der Waals surface area contributed by atoms with E-state index in [1.54, 1.807) is 11.6 Å². The molecule has 0 aliphatic heterocycles. The van der Waals surface area contributed by atoms with Crippen LogP contribution in [0.25, 0.3) is 16.6 Å². The summed E-state index contributed by atoms with van der Waals surface area (Å²) in [5.74, 6) is 0.174. The number of methoxy groups -OCH3 is 1. The van der Waals surface area contributed by atoms with Crippen molar-refractivity contribution in [2.24, 2.45) is 5.73 Å². The molecule has 0 unspecified atom stereocenters. The largest absolute Gasteiger partial charge is 0.497 e. The number of benzene rings is 1. The van der Waals surface area contributed by atoms with E-state index >= 15 is 0 Å². The third-order valence-electron chi connectivity index (χ3n) is 3.35. The molecular weight excluding hydrogens is 268 g/mol. The van der Waals surface area contributed by atoms with Gasteiger partial charge in [-0.1, -0.05) is 12.1 Å². The first-order valence-electron chi connectivity index (χ1n) is 6.31. The average molecular weight is 282 g/mol. The summed E-state index contributed by atoms with van der Waals surface area (Å²) >= 11 is 0. The van der Waals surface area contributed by atoms with Crippen LogP contribution in [0.1, 0.15) is 10.4 Å². The van der Waals surface area contributed by atoms with Gasteiger partial charge in [0.25, 0.3) is 5.91 Å². The van der Waals surface area contributed by atoms with Crippen LogP contribution in [0, 0.1) is 0 Å². The van der Waals surface area contributed by atoms with E-state index in [1.165, 1.54) is 6.20 Å². The molecule has 0 saturated heterocycles. The first kappa shape index (κ1) is 13.0. The normalized spacial score (nSPS) is 10.7. The number of nitrogens with zero attached hydrogens (tertiary/aromatic N) is 2. The lowest BCUT2D eigenvalue weighted by Crippen LogP contribution is -2.15. The maximum atomic E-state index is 11.3. The van der Waals surface area contributed by atoms with Gasteiger partial charge in [0, 0.05) is 11.8 Å². The first-order chi connectivity index (χ1) is 10.1. The van der Waals surface area contributed by atoms with Gasteiger partial charge in [-0.05, 0) is 23.8 Å². The van der Waals surface area contributed by atoms with Crippen molar-refractivity contribution in [1.29, 1.82) is 0 Å². The summed E-state index contributed by atoms with van der Waals surface area (Å²) in [6.07, 6.45) is 3.21. The molecule has 2 aromatic heterocycles. The van der Waals surface area contributed by atoms with Crippen molar-refractivity contribution in [2.45, 2.75) is 0 Å². The highest BCUT2D eigenvalue weighted by molar-refractivity contribution is 6.01. The van der Waals surface area contributed by atoms with Gasteiger partial charge in [-0.25, -0.2) is 4.52 Å². The molecule has 6 nitrogen and oxygen atoms in total. The van der Waals surface area contributed by atoms with Crippen molar-refractivity contribution in [3.63, 3.8) is 0 Å². The van der Waals surface area contributed by atoms with Gasteiger partial charge in [0.15, 0.2) is 0 Å². The topological polar surface area (TPSA) is 95.6 Å². The molecule has 6 heteroatoms. The number of rotatable bonds is 3. The maximum absolute atomic E-state index is 11.3. The number of nitrogens with two attached hydrogens (primary N) is 2. The van der Waals surface area contributed by atoms with Crippen molar-refractivity contribution in [3.05, 3.63) is 48.3 Å². The second kappa shape index (κ2) is 4.82. The number of nitrogen functional groups attached to an aromatic ring is 1. The lowest BCUT2D eigenvalue weighted by Gasteiger charge is -2.02. The van der Waals surface area contributed by atoms with E-state index < -0.39 is 5.91 Å². The van der Waals surface area contributed by atoms with E-state index in [0.717, 1.165) is 16.9 Å².